The largest absolute Gasteiger partial charge is 0.376 e. The molecule has 1 atom stereocenters. The molecule has 6 nitrogen and oxygen atoms in total. The zero-order chi connectivity index (χ0) is 13.8. The van der Waals surface area contributed by atoms with Crippen LogP contribution in [0.5, 0.6) is 0 Å². The van der Waals surface area contributed by atoms with Crippen molar-refractivity contribution >= 4 is 23.4 Å². The van der Waals surface area contributed by atoms with E-state index in [2.05, 4.69) is 20.5 Å². The van der Waals surface area contributed by atoms with Crippen molar-refractivity contribution < 1.29 is 4.74 Å². The van der Waals surface area contributed by atoms with Crippen molar-refractivity contribution in [3.63, 3.8) is 0 Å². The molecule has 0 amide bonds. The van der Waals surface area contributed by atoms with Crippen molar-refractivity contribution in [3.8, 4) is 0 Å². The minimum atomic E-state index is 0.228. The lowest BCUT2D eigenvalue weighted by Crippen LogP contribution is -2.16. The van der Waals surface area contributed by atoms with Gasteiger partial charge in [0, 0.05) is 18.6 Å². The molecule has 0 spiro atoms. The number of rotatable bonds is 5. The van der Waals surface area contributed by atoms with Crippen molar-refractivity contribution in [1.82, 2.24) is 25.2 Å². The fraction of sp³-hybridized carbons (Fsp3) is 0.500. The third-order valence-electron chi connectivity index (χ3n) is 3.04. The highest BCUT2D eigenvalue weighted by molar-refractivity contribution is 7.98. The molecule has 0 unspecified atom stereocenters. The summed E-state index contributed by atoms with van der Waals surface area (Å²) in [5, 5.41) is 13.2. The highest BCUT2D eigenvalue weighted by atomic mass is 35.5. The molecule has 106 valence electrons. The fourth-order valence-electron chi connectivity index (χ4n) is 2.03. The van der Waals surface area contributed by atoms with Crippen molar-refractivity contribution in [2.45, 2.75) is 36.4 Å². The van der Waals surface area contributed by atoms with Crippen LogP contribution in [0.15, 0.2) is 23.5 Å². The van der Waals surface area contributed by atoms with Crippen molar-refractivity contribution in [2.75, 3.05) is 6.61 Å². The highest BCUT2D eigenvalue weighted by Gasteiger charge is 2.18. The van der Waals surface area contributed by atoms with Gasteiger partial charge in [0.2, 0.25) is 5.16 Å². The molecule has 0 saturated carbocycles. The van der Waals surface area contributed by atoms with Gasteiger partial charge in [-0.15, -0.1) is 5.10 Å². The van der Waals surface area contributed by atoms with Gasteiger partial charge in [-0.25, -0.2) is 4.68 Å². The van der Waals surface area contributed by atoms with E-state index >= 15 is 0 Å². The van der Waals surface area contributed by atoms with Crippen LogP contribution in [0.2, 0.25) is 5.02 Å². The van der Waals surface area contributed by atoms with E-state index in [0.717, 1.165) is 30.3 Å². The molecule has 3 rings (SSSR count). The second-order valence-electron chi connectivity index (χ2n) is 4.54. The molecule has 1 saturated heterocycles. The van der Waals surface area contributed by atoms with Crippen LogP contribution in [0.3, 0.4) is 0 Å². The maximum Gasteiger partial charge on any atom is 0.209 e. The number of halogens is 1. The molecule has 0 N–H and O–H groups in total. The van der Waals surface area contributed by atoms with Gasteiger partial charge in [0.25, 0.3) is 0 Å². The molecule has 0 aliphatic carbocycles. The average molecular weight is 312 g/mol. The number of hydrogen-bond donors (Lipinski definition) is 0. The smallest absolute Gasteiger partial charge is 0.209 e. The van der Waals surface area contributed by atoms with E-state index < -0.39 is 0 Å². The summed E-state index contributed by atoms with van der Waals surface area (Å²) in [5.74, 6) is 0.711. The summed E-state index contributed by atoms with van der Waals surface area (Å²) in [6, 6.07) is 3.74. The van der Waals surface area contributed by atoms with E-state index in [0.29, 0.717) is 17.3 Å². The number of pyridine rings is 1. The summed E-state index contributed by atoms with van der Waals surface area (Å²) in [6.45, 7) is 1.55. The van der Waals surface area contributed by atoms with E-state index in [1.54, 1.807) is 22.6 Å². The van der Waals surface area contributed by atoms with Crippen molar-refractivity contribution in [3.05, 3.63) is 29.0 Å². The lowest BCUT2D eigenvalue weighted by Gasteiger charge is -2.09. The predicted octanol–water partition coefficient (Wildman–Crippen LogP) is 2.19. The molecule has 0 radical (unpaired) electrons. The number of ether oxygens (including phenoxy) is 1. The van der Waals surface area contributed by atoms with Crippen LogP contribution in [0.1, 0.15) is 18.5 Å². The Hall–Kier alpha value is -1.18. The summed E-state index contributed by atoms with van der Waals surface area (Å²) in [4.78, 5) is 4.26. The van der Waals surface area contributed by atoms with Crippen LogP contribution in [-0.2, 0) is 17.0 Å². The summed E-state index contributed by atoms with van der Waals surface area (Å²) < 4.78 is 7.41. The Balaban J connectivity index is 1.59. The fourth-order valence-corrected chi connectivity index (χ4v) is 2.94. The number of nitrogens with zero attached hydrogens (tertiary/aromatic N) is 5. The molecule has 3 heterocycles. The van der Waals surface area contributed by atoms with E-state index in [4.69, 9.17) is 16.3 Å². The molecule has 0 aromatic carbocycles. The van der Waals surface area contributed by atoms with Crippen LogP contribution < -0.4 is 0 Å². The minimum absolute atomic E-state index is 0.228. The standard InChI is InChI=1S/C12H14ClN5OS/c13-9-3-4-10(14-6-9)8-20-12-15-16-17-18(12)7-11-2-1-5-19-11/h3-4,6,11H,1-2,5,7-8H2/t11-/m1/s1. The third kappa shape index (κ3) is 3.47. The molecule has 0 bridgehead atoms. The van der Waals surface area contributed by atoms with Gasteiger partial charge in [-0.3, -0.25) is 4.98 Å². The molecule has 1 aliphatic rings. The monoisotopic (exact) mass is 311 g/mol. The molecule has 1 aliphatic heterocycles. The average Bonchev–Trinajstić information content (AvgIpc) is 3.11. The van der Waals surface area contributed by atoms with Crippen LogP contribution >= 0.6 is 23.4 Å². The number of thioether (sulfide) groups is 1. The minimum Gasteiger partial charge on any atom is -0.376 e. The van der Waals surface area contributed by atoms with E-state index in [-0.39, 0.29) is 6.10 Å². The summed E-state index contributed by atoms with van der Waals surface area (Å²) in [7, 11) is 0. The quantitative estimate of drug-likeness (QED) is 0.789. The van der Waals surface area contributed by atoms with Crippen LogP contribution in [0.25, 0.3) is 0 Å². The predicted molar refractivity (Wildman–Crippen MR) is 75.6 cm³/mol. The van der Waals surface area contributed by atoms with Crippen LogP contribution in [0.4, 0.5) is 0 Å². The summed E-state index contributed by atoms with van der Waals surface area (Å²) in [5.41, 5.74) is 0.950. The number of tetrazole rings is 1. The van der Waals surface area contributed by atoms with Crippen molar-refractivity contribution in [2.24, 2.45) is 0 Å². The Kier molecular flexibility index (Phi) is 4.49. The molecule has 1 fully saturated rings. The van der Waals surface area contributed by atoms with Gasteiger partial charge in [0.15, 0.2) is 0 Å². The normalized spacial score (nSPS) is 18.6. The Labute approximate surface area is 125 Å². The van der Waals surface area contributed by atoms with Gasteiger partial charge >= 0.3 is 0 Å². The van der Waals surface area contributed by atoms with E-state index in [9.17, 15) is 0 Å². The number of aromatic nitrogens is 5. The first-order chi connectivity index (χ1) is 9.81. The second kappa shape index (κ2) is 6.51. The first kappa shape index (κ1) is 13.8. The Morgan fingerprint density at radius 2 is 2.40 bits per heavy atom. The molecule has 8 heteroatoms. The second-order valence-corrected chi connectivity index (χ2v) is 5.91. The topological polar surface area (TPSA) is 65.7 Å². The van der Waals surface area contributed by atoms with Gasteiger partial charge in [-0.05, 0) is 35.4 Å². The zero-order valence-electron chi connectivity index (χ0n) is 10.8. The summed E-state index contributed by atoms with van der Waals surface area (Å²) >= 11 is 7.37. The van der Waals surface area contributed by atoms with Gasteiger partial charge in [-0.2, -0.15) is 0 Å². The molecular weight excluding hydrogens is 298 g/mol. The summed E-state index contributed by atoms with van der Waals surface area (Å²) in [6.07, 6.45) is 4.06. The highest BCUT2D eigenvalue weighted by Crippen LogP contribution is 2.21. The van der Waals surface area contributed by atoms with Gasteiger partial charge < -0.3 is 4.74 Å². The Bertz CT molecular complexity index is 555. The lowest BCUT2D eigenvalue weighted by molar-refractivity contribution is 0.0912. The van der Waals surface area contributed by atoms with E-state index in [1.165, 1.54) is 0 Å². The molecule has 2 aromatic rings. The first-order valence-corrected chi connectivity index (χ1v) is 7.78. The van der Waals surface area contributed by atoms with Gasteiger partial charge in [0.1, 0.15) is 0 Å². The van der Waals surface area contributed by atoms with Gasteiger partial charge in [-0.1, -0.05) is 23.4 Å². The van der Waals surface area contributed by atoms with Crippen LogP contribution in [-0.4, -0.2) is 37.9 Å². The van der Waals surface area contributed by atoms with Gasteiger partial charge in [0.05, 0.1) is 23.4 Å². The maximum atomic E-state index is 5.81. The van der Waals surface area contributed by atoms with Crippen LogP contribution in [0, 0.1) is 0 Å². The molecule has 2 aromatic heterocycles. The SMILES string of the molecule is Clc1ccc(CSc2nnnn2C[C@H]2CCCO2)nc1. The molecular formula is C12H14ClN5OS. The molecule has 20 heavy (non-hydrogen) atoms. The van der Waals surface area contributed by atoms with Crippen molar-refractivity contribution in [1.29, 1.82) is 0 Å². The maximum absolute atomic E-state index is 5.81. The first-order valence-electron chi connectivity index (χ1n) is 6.42. The third-order valence-corrected chi connectivity index (χ3v) is 4.25. The Morgan fingerprint density at radius 1 is 1.45 bits per heavy atom. The Morgan fingerprint density at radius 3 is 3.15 bits per heavy atom. The zero-order valence-corrected chi connectivity index (χ0v) is 12.3. The van der Waals surface area contributed by atoms with E-state index in [1.807, 2.05) is 12.1 Å². The lowest BCUT2D eigenvalue weighted by atomic mass is 10.2. The number of hydrogen-bond acceptors (Lipinski definition) is 6.